The summed E-state index contributed by atoms with van der Waals surface area (Å²) in [5, 5.41) is 12.9. The molecule has 1 aromatic carbocycles. The summed E-state index contributed by atoms with van der Waals surface area (Å²) in [6.45, 7) is 2.83. The molecule has 0 aliphatic heterocycles. The number of aromatic hydroxyl groups is 1. The van der Waals surface area contributed by atoms with E-state index in [0.29, 0.717) is 12.6 Å². The predicted molar refractivity (Wildman–Crippen MR) is 75.6 cm³/mol. The van der Waals surface area contributed by atoms with Crippen LogP contribution in [0.2, 0.25) is 0 Å². The van der Waals surface area contributed by atoms with Crippen molar-refractivity contribution in [1.29, 1.82) is 0 Å². The topological polar surface area (TPSA) is 32.3 Å². The van der Waals surface area contributed by atoms with E-state index in [4.69, 9.17) is 0 Å². The van der Waals surface area contributed by atoms with Crippen LogP contribution in [0.15, 0.2) is 18.2 Å². The highest BCUT2D eigenvalue weighted by atomic mass is 19.1. The average molecular weight is 265 g/mol. The van der Waals surface area contributed by atoms with Gasteiger partial charge in [-0.05, 0) is 43.4 Å². The van der Waals surface area contributed by atoms with Crippen molar-refractivity contribution in [2.24, 2.45) is 5.92 Å². The number of hydrogen-bond acceptors (Lipinski definition) is 2. The van der Waals surface area contributed by atoms with Crippen LogP contribution in [0.5, 0.6) is 5.75 Å². The smallest absolute Gasteiger partial charge is 0.127 e. The minimum atomic E-state index is -0.376. The van der Waals surface area contributed by atoms with Crippen LogP contribution in [-0.4, -0.2) is 11.1 Å². The maximum Gasteiger partial charge on any atom is 0.127 e. The van der Waals surface area contributed by atoms with Crippen LogP contribution in [0.3, 0.4) is 0 Å². The molecule has 0 saturated heterocycles. The molecule has 0 aromatic heterocycles. The molecule has 0 spiro atoms. The fraction of sp³-hybridized carbons (Fsp3) is 0.625. The first kappa shape index (κ1) is 14.3. The zero-order chi connectivity index (χ0) is 13.7. The van der Waals surface area contributed by atoms with Crippen LogP contribution in [0, 0.1) is 11.7 Å². The summed E-state index contributed by atoms with van der Waals surface area (Å²) in [6, 6.07) is 4.68. The first-order valence-electron chi connectivity index (χ1n) is 7.37. The fourth-order valence-corrected chi connectivity index (χ4v) is 2.99. The molecule has 1 saturated carbocycles. The number of phenols is 1. The van der Waals surface area contributed by atoms with Crippen molar-refractivity contribution < 1.29 is 9.50 Å². The van der Waals surface area contributed by atoms with E-state index in [1.165, 1.54) is 44.6 Å². The van der Waals surface area contributed by atoms with Crippen molar-refractivity contribution in [3.8, 4) is 5.75 Å². The molecule has 1 fully saturated rings. The standard InChI is InChI=1S/C16H24FNO/c1-12(14-6-4-2-3-5-7-14)18-11-13-8-15(17)10-16(19)9-13/h8-10,12,14,18-19H,2-7,11H2,1H3/t12-/m1/s1. The second-order valence-corrected chi connectivity index (χ2v) is 5.74. The number of benzene rings is 1. The Bertz CT molecular complexity index is 379. The minimum Gasteiger partial charge on any atom is -0.508 e. The molecule has 19 heavy (non-hydrogen) atoms. The van der Waals surface area contributed by atoms with Gasteiger partial charge in [-0.2, -0.15) is 0 Å². The van der Waals surface area contributed by atoms with E-state index >= 15 is 0 Å². The molecule has 0 amide bonds. The molecule has 3 heteroatoms. The predicted octanol–water partition coefficient (Wildman–Crippen LogP) is 3.98. The first-order chi connectivity index (χ1) is 9.15. The van der Waals surface area contributed by atoms with E-state index in [2.05, 4.69) is 12.2 Å². The normalized spacial score (nSPS) is 19.1. The Hall–Kier alpha value is -1.09. The van der Waals surface area contributed by atoms with E-state index in [1.54, 1.807) is 6.07 Å². The largest absolute Gasteiger partial charge is 0.508 e. The van der Waals surface area contributed by atoms with Gasteiger partial charge < -0.3 is 10.4 Å². The molecular weight excluding hydrogens is 241 g/mol. The Labute approximate surface area is 115 Å². The summed E-state index contributed by atoms with van der Waals surface area (Å²) in [4.78, 5) is 0. The third-order valence-electron chi connectivity index (χ3n) is 4.18. The van der Waals surface area contributed by atoms with Crippen LogP contribution in [0.25, 0.3) is 0 Å². The maximum atomic E-state index is 13.2. The lowest BCUT2D eigenvalue weighted by Crippen LogP contribution is -2.32. The van der Waals surface area contributed by atoms with Crippen molar-refractivity contribution in [3.63, 3.8) is 0 Å². The summed E-state index contributed by atoms with van der Waals surface area (Å²) >= 11 is 0. The van der Waals surface area contributed by atoms with E-state index in [1.807, 2.05) is 0 Å². The van der Waals surface area contributed by atoms with Gasteiger partial charge in [-0.3, -0.25) is 0 Å². The summed E-state index contributed by atoms with van der Waals surface area (Å²) < 4.78 is 13.2. The number of rotatable bonds is 4. The monoisotopic (exact) mass is 265 g/mol. The van der Waals surface area contributed by atoms with Gasteiger partial charge in [0.1, 0.15) is 11.6 Å². The SMILES string of the molecule is C[C@@H](NCc1cc(O)cc(F)c1)C1CCCCCC1. The molecule has 1 aliphatic rings. The summed E-state index contributed by atoms with van der Waals surface area (Å²) in [5.41, 5.74) is 0.804. The lowest BCUT2D eigenvalue weighted by atomic mass is 9.93. The van der Waals surface area contributed by atoms with Gasteiger partial charge in [0.2, 0.25) is 0 Å². The summed E-state index contributed by atoms with van der Waals surface area (Å²) in [5.74, 6) is 0.350. The number of nitrogens with one attached hydrogen (secondary N) is 1. The van der Waals surface area contributed by atoms with Gasteiger partial charge in [0, 0.05) is 18.7 Å². The molecule has 0 radical (unpaired) electrons. The van der Waals surface area contributed by atoms with Gasteiger partial charge in [0.25, 0.3) is 0 Å². The number of phenolic OH excluding ortho intramolecular Hbond substituents is 1. The number of hydrogen-bond donors (Lipinski definition) is 2. The molecule has 1 aliphatic carbocycles. The molecule has 0 heterocycles. The van der Waals surface area contributed by atoms with Crippen molar-refractivity contribution >= 4 is 0 Å². The van der Waals surface area contributed by atoms with Crippen molar-refractivity contribution in [2.75, 3.05) is 0 Å². The molecule has 1 aromatic rings. The van der Waals surface area contributed by atoms with Gasteiger partial charge >= 0.3 is 0 Å². The lowest BCUT2D eigenvalue weighted by Gasteiger charge is -2.23. The lowest BCUT2D eigenvalue weighted by molar-refractivity contribution is 0.336. The van der Waals surface area contributed by atoms with Crippen molar-refractivity contribution in [1.82, 2.24) is 5.32 Å². The second-order valence-electron chi connectivity index (χ2n) is 5.74. The number of halogens is 1. The van der Waals surface area contributed by atoms with Gasteiger partial charge in [-0.25, -0.2) is 4.39 Å². The second kappa shape index (κ2) is 6.90. The Kier molecular flexibility index (Phi) is 5.20. The van der Waals surface area contributed by atoms with E-state index < -0.39 is 0 Å². The van der Waals surface area contributed by atoms with Crippen LogP contribution < -0.4 is 5.32 Å². The van der Waals surface area contributed by atoms with Crippen LogP contribution in [0.1, 0.15) is 51.0 Å². The Morgan fingerprint density at radius 3 is 2.53 bits per heavy atom. The maximum absolute atomic E-state index is 13.2. The van der Waals surface area contributed by atoms with E-state index in [0.717, 1.165) is 17.5 Å². The highest BCUT2D eigenvalue weighted by molar-refractivity contribution is 5.28. The molecule has 2 rings (SSSR count). The fourth-order valence-electron chi connectivity index (χ4n) is 2.99. The van der Waals surface area contributed by atoms with Gasteiger partial charge in [-0.15, -0.1) is 0 Å². The van der Waals surface area contributed by atoms with E-state index in [9.17, 15) is 9.50 Å². The third kappa shape index (κ3) is 4.50. The Morgan fingerprint density at radius 1 is 1.21 bits per heavy atom. The van der Waals surface area contributed by atoms with E-state index in [-0.39, 0.29) is 11.6 Å². The summed E-state index contributed by atoms with van der Waals surface area (Å²) in [6.07, 6.45) is 7.97. The molecule has 0 bridgehead atoms. The highest BCUT2D eigenvalue weighted by Gasteiger charge is 2.18. The third-order valence-corrected chi connectivity index (χ3v) is 4.18. The van der Waals surface area contributed by atoms with Crippen molar-refractivity contribution in [3.05, 3.63) is 29.6 Å². The quantitative estimate of drug-likeness (QED) is 0.807. The Morgan fingerprint density at radius 2 is 1.89 bits per heavy atom. The molecule has 2 nitrogen and oxygen atoms in total. The van der Waals surface area contributed by atoms with Gasteiger partial charge in [0.05, 0.1) is 0 Å². The molecule has 106 valence electrons. The minimum absolute atomic E-state index is 0.00100. The van der Waals surface area contributed by atoms with Crippen LogP contribution in [0.4, 0.5) is 4.39 Å². The molecule has 1 atom stereocenters. The van der Waals surface area contributed by atoms with Crippen LogP contribution >= 0.6 is 0 Å². The zero-order valence-corrected chi connectivity index (χ0v) is 11.7. The van der Waals surface area contributed by atoms with Crippen molar-refractivity contribution in [2.45, 2.75) is 58.0 Å². The van der Waals surface area contributed by atoms with Gasteiger partial charge in [0.15, 0.2) is 0 Å². The average Bonchev–Trinajstić information content (AvgIpc) is 2.63. The summed E-state index contributed by atoms with van der Waals surface area (Å²) in [7, 11) is 0. The first-order valence-corrected chi connectivity index (χ1v) is 7.37. The molecule has 0 unspecified atom stereocenters. The zero-order valence-electron chi connectivity index (χ0n) is 11.7. The Balaban J connectivity index is 1.86. The molecular formula is C16H24FNO. The highest BCUT2D eigenvalue weighted by Crippen LogP contribution is 2.25. The van der Waals surface area contributed by atoms with Crippen LogP contribution in [-0.2, 0) is 6.54 Å². The molecule has 2 N–H and O–H groups in total. The van der Waals surface area contributed by atoms with Gasteiger partial charge in [-0.1, -0.05) is 25.7 Å².